The Hall–Kier alpha value is -3.26. The third kappa shape index (κ3) is 3.91. The number of amides is 1. The number of anilines is 1. The lowest BCUT2D eigenvalue weighted by Gasteiger charge is -2.11. The summed E-state index contributed by atoms with van der Waals surface area (Å²) in [7, 11) is 0. The van der Waals surface area contributed by atoms with E-state index in [1.807, 2.05) is 53.4 Å². The highest BCUT2D eigenvalue weighted by atomic mass is 79.9. The van der Waals surface area contributed by atoms with Gasteiger partial charge in [-0.05, 0) is 42.3 Å². The van der Waals surface area contributed by atoms with Crippen LogP contribution in [0.15, 0.2) is 53.3 Å². The Balaban J connectivity index is 1.70. The molecule has 1 N–H and O–H groups in total. The smallest absolute Gasteiger partial charge is 0.221 e. The highest BCUT2D eigenvalue weighted by Crippen LogP contribution is 2.26. The van der Waals surface area contributed by atoms with Crippen LogP contribution in [0.5, 0.6) is 0 Å². The van der Waals surface area contributed by atoms with E-state index in [0.29, 0.717) is 17.8 Å². The molecule has 4 aromatic rings. The van der Waals surface area contributed by atoms with E-state index in [2.05, 4.69) is 38.5 Å². The highest BCUT2D eigenvalue weighted by molar-refractivity contribution is 9.10. The third-order valence-electron chi connectivity index (χ3n) is 4.90. The first kappa shape index (κ1) is 20.0. The minimum absolute atomic E-state index is 0.146. The molecular formula is C22H20BrN5O2. The van der Waals surface area contributed by atoms with Crippen LogP contribution in [0.3, 0.4) is 0 Å². The lowest BCUT2D eigenvalue weighted by Crippen LogP contribution is -2.10. The number of hydrogen-bond donors (Lipinski definition) is 1. The lowest BCUT2D eigenvalue weighted by atomic mass is 10.1. The third-order valence-corrected chi connectivity index (χ3v) is 5.40. The second-order valence-corrected chi connectivity index (χ2v) is 7.95. The maximum atomic E-state index is 11.6. The van der Waals surface area contributed by atoms with Crippen molar-refractivity contribution in [3.05, 3.63) is 70.1 Å². The molecule has 0 aliphatic rings. The first-order chi connectivity index (χ1) is 14.5. The maximum Gasteiger partial charge on any atom is 0.221 e. The predicted molar refractivity (Wildman–Crippen MR) is 119 cm³/mol. The molecule has 2 aromatic carbocycles. The van der Waals surface area contributed by atoms with Crippen molar-refractivity contribution in [3.63, 3.8) is 0 Å². The second kappa shape index (κ2) is 8.23. The minimum atomic E-state index is -0.146. The van der Waals surface area contributed by atoms with Gasteiger partial charge in [-0.1, -0.05) is 34.1 Å². The number of hydrogen-bond acceptors (Lipinski definition) is 4. The van der Waals surface area contributed by atoms with Crippen LogP contribution in [-0.4, -0.2) is 31.8 Å². The van der Waals surface area contributed by atoms with Gasteiger partial charge in [0.05, 0.1) is 24.1 Å². The number of nitrogens with one attached hydrogen (secondary N) is 1. The molecule has 2 aromatic heterocycles. The number of benzene rings is 2. The number of aldehydes is 1. The van der Waals surface area contributed by atoms with Gasteiger partial charge in [0.15, 0.2) is 6.29 Å². The SMILES string of the molecule is CCc1ccc(NC(C)=O)c(-n2cc(Cn3cc(C=O)c4cc(Br)ccc43)nn2)c1. The highest BCUT2D eigenvalue weighted by Gasteiger charge is 2.13. The van der Waals surface area contributed by atoms with E-state index in [1.165, 1.54) is 6.92 Å². The van der Waals surface area contributed by atoms with Crippen LogP contribution in [0, 0.1) is 0 Å². The molecule has 0 fully saturated rings. The Morgan fingerprint density at radius 3 is 2.77 bits per heavy atom. The topological polar surface area (TPSA) is 81.8 Å². The van der Waals surface area contributed by atoms with Crippen molar-refractivity contribution in [1.29, 1.82) is 0 Å². The largest absolute Gasteiger partial charge is 0.341 e. The Bertz CT molecular complexity index is 1260. The van der Waals surface area contributed by atoms with Gasteiger partial charge in [-0.15, -0.1) is 5.10 Å². The Morgan fingerprint density at radius 2 is 2.03 bits per heavy atom. The number of fused-ring (bicyclic) bond motifs is 1. The van der Waals surface area contributed by atoms with E-state index >= 15 is 0 Å². The summed E-state index contributed by atoms with van der Waals surface area (Å²) in [5.41, 5.74) is 4.88. The zero-order valence-electron chi connectivity index (χ0n) is 16.6. The molecule has 0 spiro atoms. The molecule has 7 nitrogen and oxygen atoms in total. The zero-order valence-corrected chi connectivity index (χ0v) is 18.2. The fraction of sp³-hybridized carbons (Fsp3) is 0.182. The molecule has 0 aliphatic heterocycles. The van der Waals surface area contributed by atoms with E-state index in [4.69, 9.17) is 0 Å². The summed E-state index contributed by atoms with van der Waals surface area (Å²) in [4.78, 5) is 23.1. The van der Waals surface area contributed by atoms with E-state index in [-0.39, 0.29) is 5.91 Å². The molecule has 30 heavy (non-hydrogen) atoms. The van der Waals surface area contributed by atoms with Gasteiger partial charge >= 0.3 is 0 Å². The fourth-order valence-electron chi connectivity index (χ4n) is 3.47. The molecule has 152 valence electrons. The number of carbonyl (C=O) groups is 2. The van der Waals surface area contributed by atoms with E-state index in [9.17, 15) is 9.59 Å². The van der Waals surface area contributed by atoms with Crippen LogP contribution in [0.25, 0.3) is 16.6 Å². The maximum absolute atomic E-state index is 11.6. The van der Waals surface area contributed by atoms with Gasteiger partial charge in [0.2, 0.25) is 5.91 Å². The first-order valence-corrected chi connectivity index (χ1v) is 10.3. The molecule has 0 unspecified atom stereocenters. The van der Waals surface area contributed by atoms with Crippen LogP contribution in [0.4, 0.5) is 5.69 Å². The summed E-state index contributed by atoms with van der Waals surface area (Å²) in [5.74, 6) is -0.146. The van der Waals surface area contributed by atoms with Crippen LogP contribution in [0.2, 0.25) is 0 Å². The Labute approximate surface area is 181 Å². The van der Waals surface area contributed by atoms with Crippen molar-refractivity contribution < 1.29 is 9.59 Å². The monoisotopic (exact) mass is 465 g/mol. The molecule has 0 radical (unpaired) electrons. The van der Waals surface area contributed by atoms with Crippen LogP contribution < -0.4 is 5.32 Å². The molecule has 4 rings (SSSR count). The normalized spacial score (nSPS) is 11.0. The molecular weight excluding hydrogens is 446 g/mol. The van der Waals surface area contributed by atoms with Crippen LogP contribution in [0.1, 0.15) is 35.5 Å². The number of rotatable bonds is 6. The Morgan fingerprint density at radius 1 is 1.20 bits per heavy atom. The number of halogens is 1. The molecule has 0 saturated carbocycles. The van der Waals surface area contributed by atoms with E-state index < -0.39 is 0 Å². The zero-order chi connectivity index (χ0) is 21.3. The molecule has 0 atom stereocenters. The van der Waals surface area contributed by atoms with E-state index in [0.717, 1.165) is 45.0 Å². The van der Waals surface area contributed by atoms with Gasteiger partial charge in [0.1, 0.15) is 5.69 Å². The van der Waals surface area contributed by atoms with E-state index in [1.54, 1.807) is 4.68 Å². The molecule has 0 aliphatic carbocycles. The second-order valence-electron chi connectivity index (χ2n) is 7.03. The average Bonchev–Trinajstić information content (AvgIpc) is 3.32. The van der Waals surface area contributed by atoms with Crippen LogP contribution in [-0.2, 0) is 17.8 Å². The number of nitrogens with zero attached hydrogens (tertiary/aromatic N) is 4. The van der Waals surface area contributed by atoms with Crippen molar-refractivity contribution in [2.24, 2.45) is 0 Å². The lowest BCUT2D eigenvalue weighted by molar-refractivity contribution is -0.114. The molecule has 1 amide bonds. The summed E-state index contributed by atoms with van der Waals surface area (Å²) in [6.07, 6.45) is 5.39. The molecule has 2 heterocycles. The fourth-order valence-corrected chi connectivity index (χ4v) is 3.83. The average molecular weight is 466 g/mol. The predicted octanol–water partition coefficient (Wildman–Crippen LogP) is 4.37. The standard InChI is InChI=1S/C22H20BrN5O2/c1-3-15-4-6-20(24-14(2)30)22(8-15)28-12-18(25-26-28)11-27-10-16(13-29)19-9-17(23)5-7-21(19)27/h4-10,12-13H,3,11H2,1-2H3,(H,24,30). The van der Waals surface area contributed by atoms with Crippen LogP contribution >= 0.6 is 15.9 Å². The summed E-state index contributed by atoms with van der Waals surface area (Å²) in [6, 6.07) is 11.7. The summed E-state index contributed by atoms with van der Waals surface area (Å²) >= 11 is 3.46. The van der Waals surface area contributed by atoms with Gasteiger partial charge < -0.3 is 9.88 Å². The van der Waals surface area contributed by atoms with Gasteiger partial charge in [-0.3, -0.25) is 9.59 Å². The van der Waals surface area contributed by atoms with Gasteiger partial charge in [0.25, 0.3) is 0 Å². The summed E-state index contributed by atoms with van der Waals surface area (Å²) < 4.78 is 4.57. The quantitative estimate of drug-likeness (QED) is 0.428. The van der Waals surface area contributed by atoms with Gasteiger partial charge in [-0.2, -0.15) is 0 Å². The Kier molecular flexibility index (Phi) is 5.50. The van der Waals surface area contributed by atoms with Crippen molar-refractivity contribution >= 4 is 44.7 Å². The van der Waals surface area contributed by atoms with Crippen molar-refractivity contribution in [3.8, 4) is 5.69 Å². The summed E-state index contributed by atoms with van der Waals surface area (Å²) in [5, 5.41) is 12.3. The molecule has 0 bridgehead atoms. The van der Waals surface area contributed by atoms with Crippen molar-refractivity contribution in [2.45, 2.75) is 26.8 Å². The van der Waals surface area contributed by atoms with Crippen molar-refractivity contribution in [1.82, 2.24) is 19.6 Å². The summed E-state index contributed by atoms with van der Waals surface area (Å²) in [6.45, 7) is 4.02. The minimum Gasteiger partial charge on any atom is -0.341 e. The molecule has 0 saturated heterocycles. The van der Waals surface area contributed by atoms with Crippen molar-refractivity contribution in [2.75, 3.05) is 5.32 Å². The van der Waals surface area contributed by atoms with Gasteiger partial charge in [0, 0.05) is 34.1 Å². The first-order valence-electron chi connectivity index (χ1n) is 9.54. The number of carbonyl (C=O) groups excluding carboxylic acids is 2. The molecule has 8 heteroatoms. The number of aromatic nitrogens is 4. The van der Waals surface area contributed by atoms with Gasteiger partial charge in [-0.25, -0.2) is 4.68 Å². The number of aryl methyl sites for hydroxylation is 1.